The Kier molecular flexibility index (Phi) is 4.60. The zero-order chi connectivity index (χ0) is 14.8. The van der Waals surface area contributed by atoms with Crippen molar-refractivity contribution in [2.24, 2.45) is 5.92 Å². The highest BCUT2D eigenvalue weighted by atomic mass is 35.5. The zero-order valence-electron chi connectivity index (χ0n) is 12.1. The third kappa shape index (κ3) is 3.46. The number of piperidine rings is 1. The summed E-state index contributed by atoms with van der Waals surface area (Å²) >= 11 is 6.05. The normalized spacial score (nSPS) is 29.0. The molecular formula is C17H21ClFNO. The van der Waals surface area contributed by atoms with Gasteiger partial charge in [-0.25, -0.2) is 4.39 Å². The van der Waals surface area contributed by atoms with Crippen LogP contribution in [0.4, 0.5) is 4.39 Å². The summed E-state index contributed by atoms with van der Waals surface area (Å²) in [5.74, 6) is 0.526. The van der Waals surface area contributed by atoms with Gasteiger partial charge in [0.25, 0.3) is 0 Å². The maximum Gasteiger partial charge on any atom is 0.154 e. The van der Waals surface area contributed by atoms with Crippen molar-refractivity contribution < 1.29 is 9.18 Å². The molecular weight excluding hydrogens is 289 g/mol. The lowest BCUT2D eigenvalue weighted by molar-refractivity contribution is -0.121. The van der Waals surface area contributed by atoms with Gasteiger partial charge in [0.2, 0.25) is 0 Å². The lowest BCUT2D eigenvalue weighted by Crippen LogP contribution is -2.52. The van der Waals surface area contributed by atoms with Crippen LogP contribution in [-0.4, -0.2) is 17.9 Å². The van der Waals surface area contributed by atoms with E-state index in [1.807, 2.05) is 0 Å². The number of ketones is 1. The van der Waals surface area contributed by atoms with Crippen molar-refractivity contribution in [3.05, 3.63) is 34.6 Å². The van der Waals surface area contributed by atoms with E-state index < -0.39 is 0 Å². The molecule has 0 amide bonds. The molecule has 3 atom stereocenters. The predicted octanol–water partition coefficient (Wildman–Crippen LogP) is 3.90. The Morgan fingerprint density at radius 2 is 2.05 bits per heavy atom. The lowest BCUT2D eigenvalue weighted by atomic mass is 9.77. The fourth-order valence-corrected chi connectivity index (χ4v) is 3.92. The number of benzene rings is 1. The molecule has 2 nitrogen and oxygen atoms in total. The second kappa shape index (κ2) is 6.45. The maximum atomic E-state index is 13.3. The van der Waals surface area contributed by atoms with Gasteiger partial charge in [-0.05, 0) is 55.4 Å². The van der Waals surface area contributed by atoms with Crippen molar-refractivity contribution in [3.63, 3.8) is 0 Å². The van der Waals surface area contributed by atoms with Crippen molar-refractivity contribution in [1.82, 2.24) is 5.32 Å². The largest absolute Gasteiger partial charge is 0.304 e. The van der Waals surface area contributed by atoms with Crippen LogP contribution < -0.4 is 5.32 Å². The van der Waals surface area contributed by atoms with Crippen LogP contribution in [0.15, 0.2) is 18.2 Å². The highest BCUT2D eigenvalue weighted by molar-refractivity contribution is 6.31. The Morgan fingerprint density at radius 3 is 2.90 bits per heavy atom. The molecule has 21 heavy (non-hydrogen) atoms. The van der Waals surface area contributed by atoms with E-state index in [-0.39, 0.29) is 24.1 Å². The Hall–Kier alpha value is -0.930. The van der Waals surface area contributed by atoms with Crippen LogP contribution in [0.25, 0.3) is 0 Å². The summed E-state index contributed by atoms with van der Waals surface area (Å²) in [5.41, 5.74) is 0.592. The summed E-state index contributed by atoms with van der Waals surface area (Å²) in [6.45, 7) is 0. The van der Waals surface area contributed by atoms with E-state index in [1.54, 1.807) is 0 Å². The highest BCUT2D eigenvalue weighted by Gasteiger charge is 2.34. The topological polar surface area (TPSA) is 29.1 Å². The minimum Gasteiger partial charge on any atom is -0.304 e. The van der Waals surface area contributed by atoms with Crippen LogP contribution in [0.3, 0.4) is 0 Å². The first kappa shape index (κ1) is 15.0. The molecule has 0 spiro atoms. The number of rotatable bonds is 3. The third-order valence-electron chi connectivity index (χ3n) is 4.91. The highest BCUT2D eigenvalue weighted by Crippen LogP contribution is 2.32. The number of fused-ring (bicyclic) bond motifs is 1. The summed E-state index contributed by atoms with van der Waals surface area (Å²) in [5, 5.41) is 3.99. The smallest absolute Gasteiger partial charge is 0.154 e. The average molecular weight is 310 g/mol. The number of carbonyl (C=O) groups excluding carboxylic acids is 1. The van der Waals surface area contributed by atoms with Gasteiger partial charge in [0.05, 0.1) is 6.04 Å². The molecule has 0 radical (unpaired) electrons. The molecule has 1 heterocycles. The number of Topliss-reactive ketones (excluding diaryl/α,β-unsaturated/α-hetero) is 1. The van der Waals surface area contributed by atoms with E-state index in [0.29, 0.717) is 16.6 Å². The summed E-state index contributed by atoms with van der Waals surface area (Å²) < 4.78 is 13.3. The van der Waals surface area contributed by atoms with Crippen molar-refractivity contribution in [2.45, 2.75) is 57.0 Å². The van der Waals surface area contributed by atoms with Gasteiger partial charge in [0, 0.05) is 17.5 Å². The van der Waals surface area contributed by atoms with Gasteiger partial charge in [-0.1, -0.05) is 24.4 Å². The van der Waals surface area contributed by atoms with E-state index in [1.165, 1.54) is 43.9 Å². The Bertz CT molecular complexity index is 534. The van der Waals surface area contributed by atoms with Crippen LogP contribution in [0.1, 0.15) is 44.1 Å². The Balaban J connectivity index is 1.64. The van der Waals surface area contributed by atoms with Gasteiger partial charge in [0.15, 0.2) is 5.78 Å². The first-order chi connectivity index (χ1) is 10.1. The quantitative estimate of drug-likeness (QED) is 0.917. The second-order valence-corrected chi connectivity index (χ2v) is 6.73. The number of hydrogen-bond donors (Lipinski definition) is 1. The van der Waals surface area contributed by atoms with Gasteiger partial charge < -0.3 is 5.32 Å². The van der Waals surface area contributed by atoms with Gasteiger partial charge in [-0.3, -0.25) is 4.79 Å². The summed E-state index contributed by atoms with van der Waals surface area (Å²) in [6, 6.07) is 4.60. The molecule has 3 rings (SSSR count). The van der Waals surface area contributed by atoms with Crippen molar-refractivity contribution in [1.29, 1.82) is 0 Å². The number of hydrogen-bond acceptors (Lipinski definition) is 2. The van der Waals surface area contributed by atoms with Crippen LogP contribution in [-0.2, 0) is 11.2 Å². The van der Waals surface area contributed by atoms with Crippen LogP contribution in [0.2, 0.25) is 5.02 Å². The summed E-state index contributed by atoms with van der Waals surface area (Å²) in [7, 11) is 0. The van der Waals surface area contributed by atoms with Crippen molar-refractivity contribution in [3.8, 4) is 0 Å². The molecule has 4 heteroatoms. The average Bonchev–Trinajstić information content (AvgIpc) is 2.50. The lowest BCUT2D eigenvalue weighted by Gasteiger charge is -2.40. The monoisotopic (exact) mass is 309 g/mol. The molecule has 2 aliphatic rings. The van der Waals surface area contributed by atoms with E-state index in [0.717, 1.165) is 18.8 Å². The molecule has 2 fully saturated rings. The number of nitrogens with one attached hydrogen (secondary N) is 1. The first-order valence-electron chi connectivity index (χ1n) is 7.86. The minimum absolute atomic E-state index is 0.0938. The standard InChI is InChI=1S/C17H21ClFNO/c18-14-7-6-13(19)9-12(14)10-17(21)16-8-5-11-3-1-2-4-15(11)20-16/h6-7,9,11,15-16,20H,1-5,8,10H2. The van der Waals surface area contributed by atoms with Gasteiger partial charge in [-0.2, -0.15) is 0 Å². The molecule has 1 aliphatic carbocycles. The number of halogens is 2. The molecule has 1 aromatic rings. The molecule has 1 saturated carbocycles. The molecule has 114 valence electrons. The molecule has 0 aromatic heterocycles. The molecule has 0 bridgehead atoms. The van der Waals surface area contributed by atoms with E-state index in [9.17, 15) is 9.18 Å². The Labute approximate surface area is 130 Å². The number of carbonyl (C=O) groups is 1. The zero-order valence-corrected chi connectivity index (χ0v) is 12.8. The summed E-state index contributed by atoms with van der Waals surface area (Å²) in [6.07, 6.45) is 7.28. The third-order valence-corrected chi connectivity index (χ3v) is 5.28. The fourth-order valence-electron chi connectivity index (χ4n) is 3.74. The SMILES string of the molecule is O=C(Cc1cc(F)ccc1Cl)C1CCC2CCCCC2N1. The minimum atomic E-state index is -0.342. The second-order valence-electron chi connectivity index (χ2n) is 6.33. The maximum absolute atomic E-state index is 13.3. The molecule has 1 N–H and O–H groups in total. The van der Waals surface area contributed by atoms with Gasteiger partial charge >= 0.3 is 0 Å². The van der Waals surface area contributed by atoms with E-state index >= 15 is 0 Å². The molecule has 1 aliphatic heterocycles. The molecule has 3 unspecified atom stereocenters. The van der Waals surface area contributed by atoms with Gasteiger partial charge in [-0.15, -0.1) is 0 Å². The van der Waals surface area contributed by atoms with Crippen molar-refractivity contribution in [2.75, 3.05) is 0 Å². The molecule has 1 aromatic carbocycles. The summed E-state index contributed by atoms with van der Waals surface area (Å²) in [4.78, 5) is 12.5. The molecule has 1 saturated heterocycles. The van der Waals surface area contributed by atoms with Crippen LogP contribution >= 0.6 is 11.6 Å². The predicted molar refractivity (Wildman–Crippen MR) is 82.0 cm³/mol. The van der Waals surface area contributed by atoms with E-state index in [2.05, 4.69) is 5.32 Å². The van der Waals surface area contributed by atoms with Crippen molar-refractivity contribution >= 4 is 17.4 Å². The fraction of sp³-hybridized carbons (Fsp3) is 0.588. The van der Waals surface area contributed by atoms with Crippen LogP contribution in [0.5, 0.6) is 0 Å². The van der Waals surface area contributed by atoms with E-state index in [4.69, 9.17) is 11.6 Å². The van der Waals surface area contributed by atoms with Gasteiger partial charge in [0.1, 0.15) is 5.82 Å². The first-order valence-corrected chi connectivity index (χ1v) is 8.24. The van der Waals surface area contributed by atoms with Crippen LogP contribution in [0, 0.1) is 11.7 Å². The Morgan fingerprint density at radius 1 is 1.24 bits per heavy atom.